The Morgan fingerprint density at radius 1 is 1.08 bits per heavy atom. The maximum atomic E-state index is 12.6. The van der Waals surface area contributed by atoms with Crippen molar-refractivity contribution < 1.29 is 14.3 Å². The number of anilines is 1. The third kappa shape index (κ3) is 4.28. The summed E-state index contributed by atoms with van der Waals surface area (Å²) >= 11 is 0. The second kappa shape index (κ2) is 9.43. The molecule has 6 rings (SSSR count). The van der Waals surface area contributed by atoms with E-state index in [1.54, 1.807) is 0 Å². The van der Waals surface area contributed by atoms with E-state index in [4.69, 9.17) is 15.2 Å². The van der Waals surface area contributed by atoms with E-state index in [1.807, 2.05) is 39.9 Å². The maximum Gasteiger partial charge on any atom is 0.410 e. The highest BCUT2D eigenvalue weighted by Crippen LogP contribution is 2.37. The van der Waals surface area contributed by atoms with Crippen LogP contribution in [0.5, 0.6) is 0 Å². The van der Waals surface area contributed by atoms with E-state index < -0.39 is 0 Å². The number of ether oxygens (including phenoxy) is 2. The number of hydrogen-bond acceptors (Lipinski definition) is 7. The molecule has 0 radical (unpaired) electrons. The number of fused-ring (bicyclic) bond motifs is 1. The van der Waals surface area contributed by atoms with E-state index in [0.717, 1.165) is 59.7 Å². The van der Waals surface area contributed by atoms with Crippen molar-refractivity contribution in [2.75, 3.05) is 25.6 Å². The largest absolute Gasteiger partial charge is 0.447 e. The molecule has 2 aliphatic heterocycles. The van der Waals surface area contributed by atoms with Crippen molar-refractivity contribution >= 4 is 17.4 Å². The van der Waals surface area contributed by atoms with Crippen LogP contribution in [-0.2, 0) is 16.0 Å². The molecule has 10 heteroatoms. The number of nitrogens with zero attached hydrogens (tertiary/aromatic N) is 6. The molecule has 2 N–H and O–H groups in total. The summed E-state index contributed by atoms with van der Waals surface area (Å²) in [5, 5.41) is 9.23. The molecule has 198 valence electrons. The van der Waals surface area contributed by atoms with Gasteiger partial charge in [-0.05, 0) is 42.0 Å². The fraction of sp³-hybridized carbons (Fsp3) is 0.429. The van der Waals surface area contributed by atoms with Crippen molar-refractivity contribution in [3.05, 3.63) is 54.5 Å². The van der Waals surface area contributed by atoms with E-state index in [-0.39, 0.29) is 23.6 Å². The number of carbonyl (C=O) groups excluding carboxylic acids is 1. The average Bonchev–Trinajstić information content (AvgIpc) is 3.62. The fourth-order valence-corrected chi connectivity index (χ4v) is 5.59. The van der Waals surface area contributed by atoms with Crippen LogP contribution in [0.2, 0.25) is 0 Å². The molecule has 1 atom stereocenters. The summed E-state index contributed by atoms with van der Waals surface area (Å²) in [4.78, 5) is 18.7. The molecule has 3 aromatic heterocycles. The molecule has 2 fully saturated rings. The molecule has 5 heterocycles. The van der Waals surface area contributed by atoms with E-state index in [0.29, 0.717) is 19.0 Å². The van der Waals surface area contributed by atoms with Gasteiger partial charge in [0.25, 0.3) is 0 Å². The molecule has 1 aromatic carbocycles. The van der Waals surface area contributed by atoms with Crippen molar-refractivity contribution in [3.8, 4) is 22.5 Å². The topological polar surface area (TPSA) is 113 Å². The van der Waals surface area contributed by atoms with Crippen LogP contribution in [0.15, 0.2) is 48.9 Å². The molecule has 2 saturated heterocycles. The van der Waals surface area contributed by atoms with E-state index in [2.05, 4.69) is 52.8 Å². The monoisotopic (exact) mass is 515 g/mol. The van der Waals surface area contributed by atoms with Crippen molar-refractivity contribution in [1.29, 1.82) is 0 Å². The van der Waals surface area contributed by atoms with E-state index in [9.17, 15) is 4.79 Å². The van der Waals surface area contributed by atoms with E-state index in [1.165, 1.54) is 6.33 Å². The van der Waals surface area contributed by atoms with Crippen molar-refractivity contribution in [3.63, 3.8) is 0 Å². The van der Waals surface area contributed by atoms with Crippen LogP contribution in [0.25, 0.3) is 28.0 Å². The molecule has 0 unspecified atom stereocenters. The number of amides is 1. The van der Waals surface area contributed by atoms with Crippen LogP contribution in [0, 0.1) is 5.41 Å². The highest BCUT2D eigenvalue weighted by Gasteiger charge is 2.40. The van der Waals surface area contributed by atoms with Crippen LogP contribution < -0.4 is 5.73 Å². The molecule has 0 bridgehead atoms. The van der Waals surface area contributed by atoms with Crippen molar-refractivity contribution in [2.45, 2.75) is 52.2 Å². The normalized spacial score (nSPS) is 18.9. The third-order valence-corrected chi connectivity index (χ3v) is 7.62. The molecule has 1 amide bonds. The van der Waals surface area contributed by atoms with E-state index >= 15 is 0 Å². The van der Waals surface area contributed by atoms with Gasteiger partial charge in [-0.1, -0.05) is 39.0 Å². The number of rotatable bonds is 5. The predicted octanol–water partition coefficient (Wildman–Crippen LogP) is 4.56. The number of nitrogens with two attached hydrogens (primary N) is 1. The van der Waals surface area contributed by atoms with Crippen LogP contribution in [-0.4, -0.2) is 61.2 Å². The van der Waals surface area contributed by atoms with Gasteiger partial charge in [0, 0.05) is 37.1 Å². The third-order valence-electron chi connectivity index (χ3n) is 7.62. The smallest absolute Gasteiger partial charge is 0.410 e. The second-order valence-electron chi connectivity index (χ2n) is 11.1. The van der Waals surface area contributed by atoms with Gasteiger partial charge < -0.3 is 15.2 Å². The Morgan fingerprint density at radius 3 is 2.68 bits per heavy atom. The summed E-state index contributed by atoms with van der Waals surface area (Å²) < 4.78 is 14.9. The van der Waals surface area contributed by atoms with Crippen LogP contribution in [0.4, 0.5) is 10.6 Å². The van der Waals surface area contributed by atoms with Gasteiger partial charge >= 0.3 is 6.09 Å². The first-order valence-corrected chi connectivity index (χ1v) is 13.1. The molecule has 2 aliphatic rings. The highest BCUT2D eigenvalue weighted by atomic mass is 16.6. The van der Waals surface area contributed by atoms with Gasteiger partial charge in [0.15, 0.2) is 5.82 Å². The molecule has 0 saturated carbocycles. The Labute approximate surface area is 221 Å². The summed E-state index contributed by atoms with van der Waals surface area (Å²) in [5.74, 6) is 0.407. The zero-order valence-corrected chi connectivity index (χ0v) is 22.0. The van der Waals surface area contributed by atoms with Gasteiger partial charge in [-0.2, -0.15) is 10.2 Å². The minimum absolute atomic E-state index is 0.0115. The minimum atomic E-state index is -0.271. The van der Waals surface area contributed by atoms with Crippen LogP contribution in [0.1, 0.15) is 45.2 Å². The number of carbonyl (C=O) groups is 1. The zero-order chi connectivity index (χ0) is 26.4. The van der Waals surface area contributed by atoms with Crippen molar-refractivity contribution in [2.24, 2.45) is 5.41 Å². The summed E-state index contributed by atoms with van der Waals surface area (Å²) in [6.07, 6.45) is 4.86. The Hall–Kier alpha value is -3.92. The molecule has 0 spiro atoms. The number of benzene rings is 1. The van der Waals surface area contributed by atoms with Gasteiger partial charge in [0.05, 0.1) is 23.5 Å². The summed E-state index contributed by atoms with van der Waals surface area (Å²) in [6, 6.07) is 12.6. The first kappa shape index (κ1) is 24.4. The number of nitrogen functional groups attached to an aromatic ring is 1. The number of aromatic nitrogens is 5. The Morgan fingerprint density at radius 2 is 1.89 bits per heavy atom. The SMILES string of the molecule is CC(C)(C)[C@H]1COC(=O)N1Cc1cccc(-c2cc(-c3ccnn3C3CCOCC3)c3c(N)ncnn23)c1. The van der Waals surface area contributed by atoms with Gasteiger partial charge in [-0.15, -0.1) is 0 Å². The lowest BCUT2D eigenvalue weighted by atomic mass is 9.86. The number of hydrogen-bond donors (Lipinski definition) is 1. The lowest BCUT2D eigenvalue weighted by molar-refractivity contribution is 0.0667. The zero-order valence-electron chi connectivity index (χ0n) is 22.0. The fourth-order valence-electron chi connectivity index (χ4n) is 5.59. The van der Waals surface area contributed by atoms with Crippen LogP contribution in [0.3, 0.4) is 0 Å². The summed E-state index contributed by atoms with van der Waals surface area (Å²) in [7, 11) is 0. The molecular weight excluding hydrogens is 482 g/mol. The van der Waals surface area contributed by atoms with Gasteiger partial charge in [0.2, 0.25) is 0 Å². The first-order valence-electron chi connectivity index (χ1n) is 13.1. The average molecular weight is 516 g/mol. The summed E-state index contributed by atoms with van der Waals surface area (Å²) in [5.41, 5.74) is 11.9. The van der Waals surface area contributed by atoms with Gasteiger partial charge in [-0.25, -0.2) is 14.3 Å². The molecule has 38 heavy (non-hydrogen) atoms. The van der Waals surface area contributed by atoms with Crippen molar-refractivity contribution in [1.82, 2.24) is 29.3 Å². The minimum Gasteiger partial charge on any atom is -0.447 e. The highest BCUT2D eigenvalue weighted by molar-refractivity contribution is 5.91. The molecule has 0 aliphatic carbocycles. The Kier molecular flexibility index (Phi) is 6.06. The van der Waals surface area contributed by atoms with Gasteiger partial charge in [0.1, 0.15) is 18.5 Å². The number of cyclic esters (lactones) is 1. The molecule has 4 aromatic rings. The lowest BCUT2D eigenvalue weighted by Gasteiger charge is -2.32. The first-order chi connectivity index (χ1) is 18.3. The molecule has 10 nitrogen and oxygen atoms in total. The maximum absolute atomic E-state index is 12.6. The van der Waals surface area contributed by atoms with Crippen LogP contribution >= 0.6 is 0 Å². The molecular formula is C28H33N7O3. The standard InChI is InChI=1S/C28H33N7O3/c1-28(2,3)24-16-38-27(36)33(24)15-18-5-4-6-19(13-18)23-14-21(25-26(29)30-17-32-35(23)25)22-7-10-31-34(22)20-8-11-37-12-9-20/h4-7,10,13-14,17,20,24H,8-9,11-12,15-16H2,1-3H3,(H2,29,30,32)/t24-/m1/s1. The Balaban J connectivity index is 1.40. The lowest BCUT2D eigenvalue weighted by Crippen LogP contribution is -2.41. The van der Waals surface area contributed by atoms with Gasteiger partial charge in [-0.3, -0.25) is 9.58 Å². The quantitative estimate of drug-likeness (QED) is 0.415. The second-order valence-corrected chi connectivity index (χ2v) is 11.1. The Bertz CT molecular complexity index is 1480. The summed E-state index contributed by atoms with van der Waals surface area (Å²) in [6.45, 7) is 8.73. The predicted molar refractivity (Wildman–Crippen MR) is 143 cm³/mol.